The standard InChI is InChI=1S/C9H8ClN5O/c10-8-11-4-5-15(8)6-7(16)14-9-12-2-1-3-13-9/h1-5H,6H2,(H,12,13,14,16). The number of hydrogen-bond donors (Lipinski definition) is 1. The molecule has 2 heterocycles. The van der Waals surface area contributed by atoms with E-state index in [1.165, 1.54) is 10.8 Å². The van der Waals surface area contributed by atoms with Crippen molar-refractivity contribution in [2.24, 2.45) is 0 Å². The summed E-state index contributed by atoms with van der Waals surface area (Å²) in [5.74, 6) is 0.00911. The van der Waals surface area contributed by atoms with E-state index < -0.39 is 0 Å². The van der Waals surface area contributed by atoms with Gasteiger partial charge >= 0.3 is 0 Å². The number of anilines is 1. The van der Waals surface area contributed by atoms with Gasteiger partial charge < -0.3 is 4.57 Å². The van der Waals surface area contributed by atoms with Crippen molar-refractivity contribution in [1.29, 1.82) is 0 Å². The van der Waals surface area contributed by atoms with Gasteiger partial charge in [0.2, 0.25) is 17.1 Å². The fourth-order valence-corrected chi connectivity index (χ4v) is 1.28. The molecule has 0 atom stereocenters. The highest BCUT2D eigenvalue weighted by atomic mass is 35.5. The number of carbonyl (C=O) groups excluding carboxylic acids is 1. The first-order valence-electron chi connectivity index (χ1n) is 4.49. The van der Waals surface area contributed by atoms with E-state index in [4.69, 9.17) is 11.6 Å². The van der Waals surface area contributed by atoms with Gasteiger partial charge in [-0.3, -0.25) is 10.1 Å². The van der Waals surface area contributed by atoms with Gasteiger partial charge in [-0.25, -0.2) is 15.0 Å². The monoisotopic (exact) mass is 237 g/mol. The molecule has 0 radical (unpaired) electrons. The van der Waals surface area contributed by atoms with E-state index in [2.05, 4.69) is 20.3 Å². The van der Waals surface area contributed by atoms with Gasteiger partial charge in [-0.2, -0.15) is 0 Å². The highest BCUT2D eigenvalue weighted by Crippen LogP contribution is 2.04. The quantitative estimate of drug-likeness (QED) is 0.863. The minimum absolute atomic E-state index is 0.0804. The zero-order valence-electron chi connectivity index (χ0n) is 8.17. The molecule has 1 amide bonds. The smallest absolute Gasteiger partial charge is 0.246 e. The lowest BCUT2D eigenvalue weighted by molar-refractivity contribution is -0.116. The van der Waals surface area contributed by atoms with Gasteiger partial charge in [0.15, 0.2) is 0 Å². The van der Waals surface area contributed by atoms with Crippen LogP contribution in [0.5, 0.6) is 0 Å². The van der Waals surface area contributed by atoms with Crippen molar-refractivity contribution in [1.82, 2.24) is 19.5 Å². The average Bonchev–Trinajstić information content (AvgIpc) is 2.66. The minimum atomic E-state index is -0.258. The molecule has 2 aromatic rings. The van der Waals surface area contributed by atoms with Crippen LogP contribution in [0.2, 0.25) is 5.28 Å². The molecule has 0 saturated carbocycles. The molecule has 1 N–H and O–H groups in total. The van der Waals surface area contributed by atoms with Crippen molar-refractivity contribution >= 4 is 23.5 Å². The summed E-state index contributed by atoms with van der Waals surface area (Å²) in [5.41, 5.74) is 0. The number of rotatable bonds is 3. The van der Waals surface area contributed by atoms with Crippen molar-refractivity contribution in [2.75, 3.05) is 5.32 Å². The van der Waals surface area contributed by atoms with Crippen molar-refractivity contribution in [3.05, 3.63) is 36.1 Å². The van der Waals surface area contributed by atoms with E-state index >= 15 is 0 Å². The Morgan fingerprint density at radius 2 is 2.06 bits per heavy atom. The van der Waals surface area contributed by atoms with Crippen LogP contribution in [-0.2, 0) is 11.3 Å². The zero-order valence-corrected chi connectivity index (χ0v) is 8.92. The molecule has 82 valence electrons. The van der Waals surface area contributed by atoms with Crippen LogP contribution in [0.1, 0.15) is 0 Å². The second kappa shape index (κ2) is 4.71. The minimum Gasteiger partial charge on any atom is -0.312 e. The van der Waals surface area contributed by atoms with E-state index in [0.717, 1.165) is 0 Å². The molecule has 6 nitrogen and oxygen atoms in total. The molecule has 0 aliphatic rings. The van der Waals surface area contributed by atoms with Crippen LogP contribution in [-0.4, -0.2) is 25.4 Å². The van der Waals surface area contributed by atoms with Gasteiger partial charge in [0.1, 0.15) is 6.54 Å². The third-order valence-corrected chi connectivity index (χ3v) is 2.11. The number of nitrogens with zero attached hydrogens (tertiary/aromatic N) is 4. The Morgan fingerprint density at radius 1 is 1.31 bits per heavy atom. The van der Waals surface area contributed by atoms with Crippen molar-refractivity contribution in [3.63, 3.8) is 0 Å². The van der Waals surface area contributed by atoms with E-state index in [0.29, 0.717) is 0 Å². The SMILES string of the molecule is O=C(Cn1ccnc1Cl)Nc1ncccn1. The number of imidazole rings is 1. The number of hydrogen-bond acceptors (Lipinski definition) is 4. The summed E-state index contributed by atoms with van der Waals surface area (Å²) in [5, 5.41) is 2.81. The van der Waals surface area contributed by atoms with E-state index in [1.54, 1.807) is 24.7 Å². The maximum absolute atomic E-state index is 11.5. The highest BCUT2D eigenvalue weighted by Gasteiger charge is 2.07. The Kier molecular flexibility index (Phi) is 3.11. The third kappa shape index (κ3) is 2.54. The molecule has 0 bridgehead atoms. The molecule has 0 unspecified atom stereocenters. The van der Waals surface area contributed by atoms with Gasteiger partial charge in [-0.05, 0) is 17.7 Å². The van der Waals surface area contributed by atoms with E-state index in [-0.39, 0.29) is 23.7 Å². The number of amides is 1. The molecule has 0 aliphatic heterocycles. The lowest BCUT2D eigenvalue weighted by atomic mass is 10.5. The average molecular weight is 238 g/mol. The number of halogens is 1. The van der Waals surface area contributed by atoms with Gasteiger partial charge in [0.25, 0.3) is 0 Å². The van der Waals surface area contributed by atoms with Crippen LogP contribution in [0.4, 0.5) is 5.95 Å². The predicted octanol–water partition coefficient (Wildman–Crippen LogP) is 0.965. The summed E-state index contributed by atoms with van der Waals surface area (Å²) in [6, 6.07) is 1.67. The molecule has 0 aromatic carbocycles. The van der Waals surface area contributed by atoms with Crippen LogP contribution in [0.15, 0.2) is 30.9 Å². The van der Waals surface area contributed by atoms with Gasteiger partial charge in [0, 0.05) is 24.8 Å². The van der Waals surface area contributed by atoms with Crippen LogP contribution in [0.3, 0.4) is 0 Å². The van der Waals surface area contributed by atoms with Crippen LogP contribution in [0.25, 0.3) is 0 Å². The third-order valence-electron chi connectivity index (χ3n) is 1.80. The first-order chi connectivity index (χ1) is 7.75. The number of nitrogens with one attached hydrogen (secondary N) is 1. The van der Waals surface area contributed by atoms with Gasteiger partial charge in [-0.1, -0.05) is 0 Å². The van der Waals surface area contributed by atoms with Crippen molar-refractivity contribution in [2.45, 2.75) is 6.54 Å². The summed E-state index contributed by atoms with van der Waals surface area (Å²) < 4.78 is 1.51. The molecular formula is C9H8ClN5O. The lowest BCUT2D eigenvalue weighted by Gasteiger charge is -2.04. The Hall–Kier alpha value is -1.95. The highest BCUT2D eigenvalue weighted by molar-refractivity contribution is 6.28. The molecule has 16 heavy (non-hydrogen) atoms. The van der Waals surface area contributed by atoms with Crippen molar-refractivity contribution in [3.8, 4) is 0 Å². The summed E-state index contributed by atoms with van der Waals surface area (Å²) in [7, 11) is 0. The molecule has 0 saturated heterocycles. The molecule has 2 rings (SSSR count). The topological polar surface area (TPSA) is 72.7 Å². The molecular weight excluding hydrogens is 230 g/mol. The van der Waals surface area contributed by atoms with Crippen molar-refractivity contribution < 1.29 is 4.79 Å². The maximum Gasteiger partial charge on any atom is 0.246 e. The Morgan fingerprint density at radius 3 is 2.69 bits per heavy atom. The second-order valence-electron chi connectivity index (χ2n) is 2.94. The fraction of sp³-hybridized carbons (Fsp3) is 0.111. The number of aromatic nitrogens is 4. The molecule has 7 heteroatoms. The summed E-state index contributed by atoms with van der Waals surface area (Å²) in [6.07, 6.45) is 6.24. The van der Waals surface area contributed by atoms with Gasteiger partial charge in [0.05, 0.1) is 0 Å². The Balaban J connectivity index is 1.98. The summed E-state index contributed by atoms with van der Waals surface area (Å²) in [6.45, 7) is 0.0804. The van der Waals surface area contributed by atoms with Crippen LogP contribution < -0.4 is 5.32 Å². The van der Waals surface area contributed by atoms with E-state index in [9.17, 15) is 4.79 Å². The largest absolute Gasteiger partial charge is 0.312 e. The second-order valence-corrected chi connectivity index (χ2v) is 3.28. The van der Waals surface area contributed by atoms with Crippen LogP contribution in [0, 0.1) is 0 Å². The lowest BCUT2D eigenvalue weighted by Crippen LogP contribution is -2.19. The predicted molar refractivity (Wildman–Crippen MR) is 57.9 cm³/mol. The Labute approximate surface area is 96.3 Å². The zero-order chi connectivity index (χ0) is 11.4. The van der Waals surface area contributed by atoms with E-state index in [1.807, 2.05) is 0 Å². The molecule has 0 aliphatic carbocycles. The normalized spacial score (nSPS) is 10.1. The molecule has 2 aromatic heterocycles. The van der Waals surface area contributed by atoms with Gasteiger partial charge in [-0.15, -0.1) is 0 Å². The fourth-order valence-electron chi connectivity index (χ4n) is 1.11. The maximum atomic E-state index is 11.5. The first-order valence-corrected chi connectivity index (χ1v) is 4.87. The summed E-state index contributed by atoms with van der Waals surface area (Å²) >= 11 is 5.73. The first kappa shape index (κ1) is 10.6. The van der Waals surface area contributed by atoms with Crippen LogP contribution >= 0.6 is 11.6 Å². The molecule has 0 spiro atoms. The Bertz CT molecular complexity index is 484. The number of carbonyl (C=O) groups is 1. The molecule has 0 fully saturated rings. The summed E-state index contributed by atoms with van der Waals surface area (Å²) in [4.78, 5) is 23.1.